The van der Waals surface area contributed by atoms with Crippen LogP contribution in [0.2, 0.25) is 0 Å². The number of amides is 1. The van der Waals surface area contributed by atoms with Crippen LogP contribution in [0.1, 0.15) is 25.7 Å². The second kappa shape index (κ2) is 7.22. The molecule has 0 saturated heterocycles. The SMILES string of the molecule is COC(=O)CCCNCCNC(=O)C1CC1. The number of carbonyl (C=O) groups is 2. The van der Waals surface area contributed by atoms with E-state index in [0.29, 0.717) is 13.0 Å². The molecule has 0 aromatic heterocycles. The zero-order valence-corrected chi connectivity index (χ0v) is 9.75. The molecule has 0 aromatic carbocycles. The minimum absolute atomic E-state index is 0.177. The quantitative estimate of drug-likeness (QED) is 0.455. The van der Waals surface area contributed by atoms with Crippen molar-refractivity contribution in [2.24, 2.45) is 5.92 Å². The Bertz CT molecular complexity index is 239. The van der Waals surface area contributed by atoms with Crippen molar-refractivity contribution in [3.63, 3.8) is 0 Å². The van der Waals surface area contributed by atoms with E-state index in [1.807, 2.05) is 0 Å². The Morgan fingerprint density at radius 2 is 2.00 bits per heavy atom. The van der Waals surface area contributed by atoms with Gasteiger partial charge in [0, 0.05) is 25.4 Å². The van der Waals surface area contributed by atoms with Crippen LogP contribution in [-0.4, -0.2) is 38.6 Å². The van der Waals surface area contributed by atoms with Crippen LogP contribution in [0.3, 0.4) is 0 Å². The van der Waals surface area contributed by atoms with Crippen molar-refractivity contribution in [3.8, 4) is 0 Å². The van der Waals surface area contributed by atoms with Crippen molar-refractivity contribution >= 4 is 11.9 Å². The van der Waals surface area contributed by atoms with Crippen LogP contribution in [0.4, 0.5) is 0 Å². The van der Waals surface area contributed by atoms with Crippen molar-refractivity contribution in [3.05, 3.63) is 0 Å². The van der Waals surface area contributed by atoms with Gasteiger partial charge in [-0.25, -0.2) is 0 Å². The van der Waals surface area contributed by atoms with Crippen molar-refractivity contribution < 1.29 is 14.3 Å². The molecule has 16 heavy (non-hydrogen) atoms. The first-order valence-corrected chi connectivity index (χ1v) is 5.79. The van der Waals surface area contributed by atoms with Gasteiger partial charge in [0.25, 0.3) is 0 Å². The Morgan fingerprint density at radius 1 is 1.25 bits per heavy atom. The molecule has 0 bridgehead atoms. The Labute approximate surface area is 95.9 Å². The molecular formula is C11H20N2O3. The van der Waals surface area contributed by atoms with Gasteiger partial charge in [0.1, 0.15) is 0 Å². The molecule has 0 heterocycles. The molecule has 1 fully saturated rings. The molecule has 0 unspecified atom stereocenters. The summed E-state index contributed by atoms with van der Waals surface area (Å²) in [4.78, 5) is 22.0. The zero-order chi connectivity index (χ0) is 11.8. The van der Waals surface area contributed by atoms with E-state index in [9.17, 15) is 9.59 Å². The summed E-state index contributed by atoms with van der Waals surface area (Å²) >= 11 is 0. The van der Waals surface area contributed by atoms with Crippen LogP contribution in [0.5, 0.6) is 0 Å². The second-order valence-corrected chi connectivity index (χ2v) is 3.99. The number of esters is 1. The monoisotopic (exact) mass is 228 g/mol. The number of carbonyl (C=O) groups excluding carboxylic acids is 2. The summed E-state index contributed by atoms with van der Waals surface area (Å²) in [6, 6.07) is 0. The molecule has 2 N–H and O–H groups in total. The van der Waals surface area contributed by atoms with Gasteiger partial charge in [-0.2, -0.15) is 0 Å². The van der Waals surface area contributed by atoms with Crippen molar-refractivity contribution in [2.45, 2.75) is 25.7 Å². The molecule has 0 atom stereocenters. The molecule has 0 aliphatic heterocycles. The summed E-state index contributed by atoms with van der Waals surface area (Å²) in [5.41, 5.74) is 0. The molecule has 1 saturated carbocycles. The number of ether oxygens (including phenoxy) is 1. The summed E-state index contributed by atoms with van der Waals surface area (Å²) in [5.74, 6) is 0.277. The van der Waals surface area contributed by atoms with E-state index < -0.39 is 0 Å². The van der Waals surface area contributed by atoms with Crippen LogP contribution in [0, 0.1) is 5.92 Å². The number of rotatable bonds is 8. The average Bonchev–Trinajstić information content (AvgIpc) is 3.10. The lowest BCUT2D eigenvalue weighted by atomic mass is 10.3. The molecule has 5 heteroatoms. The lowest BCUT2D eigenvalue weighted by Crippen LogP contribution is -2.33. The topological polar surface area (TPSA) is 67.4 Å². The van der Waals surface area contributed by atoms with Crippen LogP contribution in [0.15, 0.2) is 0 Å². The highest BCUT2D eigenvalue weighted by atomic mass is 16.5. The molecule has 92 valence electrons. The van der Waals surface area contributed by atoms with Gasteiger partial charge in [0.15, 0.2) is 0 Å². The minimum atomic E-state index is -0.177. The fraction of sp³-hybridized carbons (Fsp3) is 0.818. The summed E-state index contributed by atoms with van der Waals surface area (Å²) in [7, 11) is 1.39. The first-order chi connectivity index (χ1) is 7.74. The van der Waals surface area contributed by atoms with Gasteiger partial charge in [-0.15, -0.1) is 0 Å². The van der Waals surface area contributed by atoms with Gasteiger partial charge in [-0.3, -0.25) is 9.59 Å². The summed E-state index contributed by atoms with van der Waals surface area (Å²) in [6.07, 6.45) is 3.29. The maximum Gasteiger partial charge on any atom is 0.305 e. The predicted octanol–water partition coefficient (Wildman–Crippen LogP) is 0.0554. The summed E-state index contributed by atoms with van der Waals surface area (Å²) < 4.78 is 4.52. The van der Waals surface area contributed by atoms with Crippen molar-refractivity contribution in [2.75, 3.05) is 26.7 Å². The van der Waals surface area contributed by atoms with E-state index in [1.165, 1.54) is 7.11 Å². The van der Waals surface area contributed by atoms with Crippen LogP contribution < -0.4 is 10.6 Å². The largest absolute Gasteiger partial charge is 0.469 e. The average molecular weight is 228 g/mol. The maximum atomic E-state index is 11.2. The lowest BCUT2D eigenvalue weighted by Gasteiger charge is -2.05. The fourth-order valence-corrected chi connectivity index (χ4v) is 1.35. The number of nitrogens with one attached hydrogen (secondary N) is 2. The van der Waals surface area contributed by atoms with E-state index in [2.05, 4.69) is 15.4 Å². The van der Waals surface area contributed by atoms with E-state index in [1.54, 1.807) is 0 Å². The normalized spacial score (nSPS) is 14.6. The molecule has 0 spiro atoms. The Hall–Kier alpha value is -1.10. The Kier molecular flexibility index (Phi) is 5.85. The molecule has 0 aromatic rings. The second-order valence-electron chi connectivity index (χ2n) is 3.99. The number of hydrogen-bond acceptors (Lipinski definition) is 4. The van der Waals surface area contributed by atoms with E-state index in [-0.39, 0.29) is 17.8 Å². The standard InChI is InChI=1S/C11H20N2O3/c1-16-10(14)3-2-6-12-7-8-13-11(15)9-4-5-9/h9,12H,2-8H2,1H3,(H,13,15). The predicted molar refractivity (Wildman–Crippen MR) is 59.9 cm³/mol. The van der Waals surface area contributed by atoms with Gasteiger partial charge < -0.3 is 15.4 Å². The fourth-order valence-electron chi connectivity index (χ4n) is 1.35. The molecule has 0 radical (unpaired) electrons. The summed E-state index contributed by atoms with van der Waals surface area (Å²) in [5, 5.41) is 6.02. The zero-order valence-electron chi connectivity index (χ0n) is 9.75. The van der Waals surface area contributed by atoms with Crippen LogP contribution in [0.25, 0.3) is 0 Å². The first-order valence-electron chi connectivity index (χ1n) is 5.79. The third-order valence-electron chi connectivity index (χ3n) is 2.51. The van der Waals surface area contributed by atoms with Gasteiger partial charge in [-0.05, 0) is 25.8 Å². The molecule has 1 amide bonds. The van der Waals surface area contributed by atoms with Crippen molar-refractivity contribution in [1.29, 1.82) is 0 Å². The smallest absolute Gasteiger partial charge is 0.305 e. The molecular weight excluding hydrogens is 208 g/mol. The number of hydrogen-bond donors (Lipinski definition) is 2. The first kappa shape index (κ1) is 13.0. The van der Waals surface area contributed by atoms with Crippen LogP contribution >= 0.6 is 0 Å². The molecule has 1 aliphatic rings. The number of methoxy groups -OCH3 is 1. The minimum Gasteiger partial charge on any atom is -0.469 e. The highest BCUT2D eigenvalue weighted by Crippen LogP contribution is 2.28. The third-order valence-corrected chi connectivity index (χ3v) is 2.51. The van der Waals surface area contributed by atoms with Gasteiger partial charge in [-0.1, -0.05) is 0 Å². The van der Waals surface area contributed by atoms with Crippen molar-refractivity contribution in [1.82, 2.24) is 10.6 Å². The van der Waals surface area contributed by atoms with E-state index in [0.717, 1.165) is 32.4 Å². The van der Waals surface area contributed by atoms with Crippen LogP contribution in [-0.2, 0) is 14.3 Å². The van der Waals surface area contributed by atoms with E-state index >= 15 is 0 Å². The Balaban J connectivity index is 1.80. The highest BCUT2D eigenvalue weighted by Gasteiger charge is 2.28. The molecule has 1 aliphatic carbocycles. The molecule has 1 rings (SSSR count). The molecule has 5 nitrogen and oxygen atoms in total. The van der Waals surface area contributed by atoms with Gasteiger partial charge in [0.2, 0.25) is 5.91 Å². The van der Waals surface area contributed by atoms with Gasteiger partial charge in [0.05, 0.1) is 7.11 Å². The lowest BCUT2D eigenvalue weighted by molar-refractivity contribution is -0.140. The van der Waals surface area contributed by atoms with Gasteiger partial charge >= 0.3 is 5.97 Å². The Morgan fingerprint density at radius 3 is 2.62 bits per heavy atom. The summed E-state index contributed by atoms with van der Waals surface area (Å²) in [6.45, 7) is 2.18. The third kappa shape index (κ3) is 5.70. The maximum absolute atomic E-state index is 11.2. The highest BCUT2D eigenvalue weighted by molar-refractivity contribution is 5.80. The van der Waals surface area contributed by atoms with E-state index in [4.69, 9.17) is 0 Å².